The number of hydrogen-bond donors (Lipinski definition) is 0. The van der Waals surface area contributed by atoms with Gasteiger partial charge in [-0.05, 0) is 101 Å². The van der Waals surface area contributed by atoms with Crippen LogP contribution >= 0.6 is 0 Å². The Morgan fingerprint density at radius 2 is 1.15 bits per heavy atom. The van der Waals surface area contributed by atoms with Crippen LogP contribution in [0.2, 0.25) is 0 Å². The molecule has 0 aliphatic carbocycles. The second-order valence-corrected chi connectivity index (χ2v) is 15.5. The number of unbranched alkanes of at least 4 members (excludes halogenated alkanes) is 1. The fourth-order valence-corrected chi connectivity index (χ4v) is 7.23. The van der Waals surface area contributed by atoms with Gasteiger partial charge in [-0.1, -0.05) is 136 Å². The normalized spacial score (nSPS) is 13.2. The number of para-hydroxylation sites is 2. The molecule has 0 amide bonds. The van der Waals surface area contributed by atoms with E-state index in [0.29, 0.717) is 43.5 Å². The highest BCUT2D eigenvalue weighted by molar-refractivity contribution is 5.77. The SMILES string of the molecule is C=C1N(c2c(C(C)C)cccc2C(C)C)C=C(OCCCCOc2c(C)cc(OCc3ccccc3)cc2CC)N1c1c(C(C)C)cccc1C(C)C. The number of anilines is 2. The first-order chi connectivity index (χ1) is 25.4. The van der Waals surface area contributed by atoms with Gasteiger partial charge in [-0.15, -0.1) is 0 Å². The van der Waals surface area contributed by atoms with Gasteiger partial charge >= 0.3 is 0 Å². The summed E-state index contributed by atoms with van der Waals surface area (Å²) in [5, 5.41) is 0. The second kappa shape index (κ2) is 17.9. The molecule has 0 unspecified atom stereocenters. The van der Waals surface area contributed by atoms with Crippen molar-refractivity contribution < 1.29 is 14.2 Å². The largest absolute Gasteiger partial charge is 0.493 e. The van der Waals surface area contributed by atoms with Crippen molar-refractivity contribution in [3.8, 4) is 11.5 Å². The van der Waals surface area contributed by atoms with Gasteiger partial charge in [0.25, 0.3) is 0 Å². The zero-order chi connectivity index (χ0) is 38.2. The molecule has 0 spiro atoms. The lowest BCUT2D eigenvalue weighted by molar-refractivity contribution is 0.193. The molecule has 0 fully saturated rings. The van der Waals surface area contributed by atoms with Crippen molar-refractivity contribution in [2.24, 2.45) is 0 Å². The molecule has 1 heterocycles. The predicted octanol–water partition coefficient (Wildman–Crippen LogP) is 13.1. The van der Waals surface area contributed by atoms with E-state index < -0.39 is 0 Å². The Hall–Kier alpha value is -4.64. The third-order valence-electron chi connectivity index (χ3n) is 10.1. The summed E-state index contributed by atoms with van der Waals surface area (Å²) >= 11 is 0. The maximum Gasteiger partial charge on any atom is 0.217 e. The van der Waals surface area contributed by atoms with E-state index in [4.69, 9.17) is 20.8 Å². The molecule has 1 aliphatic rings. The quantitative estimate of drug-likeness (QED) is 0.102. The molecule has 5 rings (SSSR count). The molecule has 0 radical (unpaired) electrons. The van der Waals surface area contributed by atoms with Gasteiger partial charge in [0.15, 0.2) is 0 Å². The predicted molar refractivity (Wildman–Crippen MR) is 223 cm³/mol. The van der Waals surface area contributed by atoms with Crippen LogP contribution in [-0.2, 0) is 17.8 Å². The van der Waals surface area contributed by atoms with Crippen molar-refractivity contribution in [2.45, 2.75) is 119 Å². The van der Waals surface area contributed by atoms with E-state index in [1.807, 2.05) is 18.2 Å². The minimum Gasteiger partial charge on any atom is -0.493 e. The maximum absolute atomic E-state index is 6.77. The smallest absolute Gasteiger partial charge is 0.217 e. The molecule has 4 aromatic carbocycles. The second-order valence-electron chi connectivity index (χ2n) is 15.5. The van der Waals surface area contributed by atoms with E-state index in [-0.39, 0.29) is 0 Å². The van der Waals surface area contributed by atoms with E-state index in [0.717, 1.165) is 53.6 Å². The van der Waals surface area contributed by atoms with Crippen LogP contribution in [-0.4, -0.2) is 13.2 Å². The fraction of sp³-hybridized carbons (Fsp3) is 0.417. The molecule has 5 heteroatoms. The van der Waals surface area contributed by atoms with Gasteiger partial charge in [-0.2, -0.15) is 0 Å². The molecule has 0 bridgehead atoms. The molecular formula is C48H62N2O3. The monoisotopic (exact) mass is 714 g/mol. The van der Waals surface area contributed by atoms with Crippen molar-refractivity contribution in [1.82, 2.24) is 0 Å². The first kappa shape index (κ1) is 39.6. The van der Waals surface area contributed by atoms with Crippen LogP contribution in [0.15, 0.2) is 103 Å². The summed E-state index contributed by atoms with van der Waals surface area (Å²) in [5.41, 5.74) is 11.0. The highest BCUT2D eigenvalue weighted by Gasteiger charge is 2.35. The highest BCUT2D eigenvalue weighted by atomic mass is 16.5. The molecule has 1 aliphatic heterocycles. The van der Waals surface area contributed by atoms with Gasteiger partial charge in [0, 0.05) is 0 Å². The average Bonchev–Trinajstić information content (AvgIpc) is 3.46. The summed E-state index contributed by atoms with van der Waals surface area (Å²) in [4.78, 5) is 4.56. The van der Waals surface area contributed by atoms with Crippen LogP contribution in [0.1, 0.15) is 138 Å². The van der Waals surface area contributed by atoms with E-state index in [1.54, 1.807) is 0 Å². The van der Waals surface area contributed by atoms with E-state index >= 15 is 0 Å². The Bertz CT molecular complexity index is 1820. The summed E-state index contributed by atoms with van der Waals surface area (Å²) in [6.07, 6.45) is 4.78. The molecule has 282 valence electrons. The number of rotatable bonds is 17. The summed E-state index contributed by atoms with van der Waals surface area (Å²) in [6, 6.07) is 27.9. The Morgan fingerprint density at radius 3 is 1.68 bits per heavy atom. The Kier molecular flexibility index (Phi) is 13.4. The first-order valence-corrected chi connectivity index (χ1v) is 19.7. The first-order valence-electron chi connectivity index (χ1n) is 19.7. The lowest BCUT2D eigenvalue weighted by Gasteiger charge is -2.33. The topological polar surface area (TPSA) is 34.2 Å². The van der Waals surface area contributed by atoms with E-state index in [9.17, 15) is 0 Å². The van der Waals surface area contributed by atoms with Gasteiger partial charge in [0.1, 0.15) is 23.9 Å². The molecule has 5 nitrogen and oxygen atoms in total. The van der Waals surface area contributed by atoms with Crippen LogP contribution in [0.4, 0.5) is 11.4 Å². The third kappa shape index (κ3) is 9.12. The zero-order valence-electron chi connectivity index (χ0n) is 34.0. The van der Waals surface area contributed by atoms with Gasteiger partial charge in [-0.25, -0.2) is 0 Å². The maximum atomic E-state index is 6.77. The average molecular weight is 715 g/mol. The molecular weight excluding hydrogens is 653 g/mol. The number of aryl methyl sites for hydroxylation is 2. The van der Waals surface area contributed by atoms with E-state index in [2.05, 4.69) is 146 Å². The summed E-state index contributed by atoms with van der Waals surface area (Å²) < 4.78 is 19.3. The van der Waals surface area contributed by atoms with E-state index in [1.165, 1.54) is 39.2 Å². The molecule has 0 N–H and O–H groups in total. The minimum absolute atomic E-state index is 0.332. The highest BCUT2D eigenvalue weighted by Crippen LogP contribution is 2.46. The molecule has 0 aromatic heterocycles. The van der Waals surface area contributed by atoms with Crippen molar-refractivity contribution >= 4 is 11.4 Å². The molecule has 53 heavy (non-hydrogen) atoms. The van der Waals surface area contributed by atoms with Crippen molar-refractivity contribution in [3.05, 3.63) is 142 Å². The Morgan fingerprint density at radius 1 is 0.623 bits per heavy atom. The Balaban J connectivity index is 1.35. The van der Waals surface area contributed by atoms with Gasteiger partial charge in [-0.3, -0.25) is 9.80 Å². The Labute approximate surface area is 320 Å². The van der Waals surface area contributed by atoms with Crippen LogP contribution in [0.5, 0.6) is 11.5 Å². The minimum atomic E-state index is 0.332. The lowest BCUT2D eigenvalue weighted by atomic mass is 9.91. The lowest BCUT2D eigenvalue weighted by Crippen LogP contribution is -2.28. The van der Waals surface area contributed by atoms with Crippen LogP contribution in [0.3, 0.4) is 0 Å². The summed E-state index contributed by atoms with van der Waals surface area (Å²) in [7, 11) is 0. The number of nitrogens with zero attached hydrogens (tertiary/aromatic N) is 2. The number of ether oxygens (including phenoxy) is 3. The van der Waals surface area contributed by atoms with Crippen LogP contribution in [0.25, 0.3) is 0 Å². The summed E-state index contributed by atoms with van der Waals surface area (Å²) in [6.45, 7) is 28.9. The van der Waals surface area contributed by atoms with Crippen LogP contribution in [0, 0.1) is 6.92 Å². The number of hydrogen-bond acceptors (Lipinski definition) is 5. The summed E-state index contributed by atoms with van der Waals surface area (Å²) in [5.74, 6) is 4.93. The van der Waals surface area contributed by atoms with Gasteiger partial charge in [0.05, 0.1) is 30.8 Å². The third-order valence-corrected chi connectivity index (χ3v) is 10.1. The molecule has 0 atom stereocenters. The molecule has 0 saturated heterocycles. The van der Waals surface area contributed by atoms with Crippen LogP contribution < -0.4 is 19.3 Å². The van der Waals surface area contributed by atoms with Gasteiger partial charge < -0.3 is 14.2 Å². The number of benzene rings is 4. The molecule has 0 saturated carbocycles. The molecule has 4 aromatic rings. The van der Waals surface area contributed by atoms with Gasteiger partial charge in [0.2, 0.25) is 5.88 Å². The zero-order valence-corrected chi connectivity index (χ0v) is 34.0. The van der Waals surface area contributed by atoms with Crippen molar-refractivity contribution in [1.29, 1.82) is 0 Å². The van der Waals surface area contributed by atoms with Crippen molar-refractivity contribution in [2.75, 3.05) is 23.0 Å². The fourth-order valence-electron chi connectivity index (χ4n) is 7.23. The van der Waals surface area contributed by atoms with Crippen molar-refractivity contribution in [3.63, 3.8) is 0 Å². The standard InChI is InChI=1S/C48H62N2O3/c1-12-39-29-40(53-31-38-20-14-13-15-21-38)28-36(10)48(39)52-27-17-16-26-51-45-30-49(46-41(32(2)3)22-18-23-42(46)33(4)5)37(11)50(45)47-43(34(6)7)24-19-25-44(47)35(8)9/h13-15,18-25,28-30,32-35H,11-12,16-17,26-27,31H2,1-10H3.